The lowest BCUT2D eigenvalue weighted by Crippen LogP contribution is -3.12. The highest BCUT2D eigenvalue weighted by atomic mass is 19.1. The number of halogens is 1. The van der Waals surface area contributed by atoms with Crippen molar-refractivity contribution in [3.8, 4) is 0 Å². The van der Waals surface area contributed by atoms with Crippen molar-refractivity contribution in [1.82, 2.24) is 9.88 Å². The van der Waals surface area contributed by atoms with Gasteiger partial charge in [-0.3, -0.25) is 4.79 Å². The number of benzene rings is 1. The third-order valence-corrected chi connectivity index (χ3v) is 5.65. The average Bonchev–Trinajstić information content (AvgIpc) is 3.18. The largest absolute Gasteiger partial charge is 0.450 e. The fourth-order valence-corrected chi connectivity index (χ4v) is 4.07. The number of nitrogens with zero attached hydrogens (tertiary/aromatic N) is 1. The predicted molar refractivity (Wildman–Crippen MR) is 101 cm³/mol. The summed E-state index contributed by atoms with van der Waals surface area (Å²) in [5, 5.41) is 2.96. The molecule has 28 heavy (non-hydrogen) atoms. The molecule has 3 heterocycles. The Bertz CT molecular complexity index is 987. The maximum Gasteiger partial charge on any atom is 0.287 e. The Morgan fingerprint density at radius 1 is 1.18 bits per heavy atom. The van der Waals surface area contributed by atoms with Gasteiger partial charge >= 0.3 is 0 Å². The number of hydrogen-bond donors (Lipinski definition) is 2. The molecule has 2 aliphatic rings. The highest BCUT2D eigenvalue weighted by Crippen LogP contribution is 2.23. The molecule has 1 aliphatic carbocycles. The summed E-state index contributed by atoms with van der Waals surface area (Å²) in [7, 11) is 0. The Labute approximate surface area is 162 Å². The third kappa shape index (κ3) is 3.36. The molecule has 2 atom stereocenters. The fraction of sp³-hybridized carbons (Fsp3) is 0.318. The molecule has 6 heteroatoms. The monoisotopic (exact) mass is 380 g/mol. The van der Waals surface area contributed by atoms with Crippen LogP contribution in [0.15, 0.2) is 59.1 Å². The van der Waals surface area contributed by atoms with Gasteiger partial charge in [0.25, 0.3) is 5.91 Å². The minimum atomic E-state index is -0.228. The van der Waals surface area contributed by atoms with Crippen molar-refractivity contribution in [3.63, 3.8) is 0 Å². The lowest BCUT2D eigenvalue weighted by molar-refractivity contribution is -0.944. The van der Waals surface area contributed by atoms with Crippen LogP contribution in [0.3, 0.4) is 0 Å². The van der Waals surface area contributed by atoms with E-state index in [0.717, 1.165) is 37.3 Å². The summed E-state index contributed by atoms with van der Waals surface area (Å²) in [5.74, 6) is 0.809. The first-order chi connectivity index (χ1) is 13.7. The van der Waals surface area contributed by atoms with Crippen molar-refractivity contribution in [2.45, 2.75) is 38.0 Å². The zero-order valence-electron chi connectivity index (χ0n) is 15.5. The van der Waals surface area contributed by atoms with Gasteiger partial charge < -0.3 is 19.2 Å². The molecule has 5 rings (SSSR count). The van der Waals surface area contributed by atoms with Crippen molar-refractivity contribution < 1.29 is 18.5 Å². The maximum atomic E-state index is 13.4. The van der Waals surface area contributed by atoms with Gasteiger partial charge in [-0.1, -0.05) is 0 Å². The Morgan fingerprint density at radius 3 is 2.79 bits per heavy atom. The molecular weight excluding hydrogens is 357 g/mol. The van der Waals surface area contributed by atoms with E-state index in [-0.39, 0.29) is 17.8 Å². The van der Waals surface area contributed by atoms with Crippen molar-refractivity contribution in [2.24, 2.45) is 0 Å². The molecule has 1 aromatic carbocycles. The first-order valence-corrected chi connectivity index (χ1v) is 9.82. The summed E-state index contributed by atoms with van der Waals surface area (Å²) in [6, 6.07) is 15.0. The number of aromatic nitrogens is 1. The Morgan fingerprint density at radius 2 is 2.00 bits per heavy atom. The van der Waals surface area contributed by atoms with Crippen LogP contribution in [0.4, 0.5) is 4.39 Å². The van der Waals surface area contributed by atoms with Gasteiger partial charge in [0.1, 0.15) is 12.4 Å². The second kappa shape index (κ2) is 6.95. The standard InChI is InChI=1S/C22H22FN3O2/c23-16-5-3-15(4-6-16)21-19-2-1-11-25(19)12-13-26(21)14-18-9-10-20(28-18)22(27)24-17-7-8-17/h1-6,9-11,17,21H,7-8,12-14H2,(H,24,27)/p+1/t21-/m0/s1. The number of quaternary nitrogens is 1. The molecule has 0 radical (unpaired) electrons. The van der Waals surface area contributed by atoms with Crippen LogP contribution < -0.4 is 10.2 Å². The second-order valence-corrected chi connectivity index (χ2v) is 7.71. The number of rotatable bonds is 5. The van der Waals surface area contributed by atoms with Gasteiger partial charge in [-0.25, -0.2) is 4.39 Å². The lowest BCUT2D eigenvalue weighted by atomic mass is 9.99. The van der Waals surface area contributed by atoms with E-state index in [1.165, 1.54) is 22.7 Å². The Kier molecular flexibility index (Phi) is 4.28. The summed E-state index contributed by atoms with van der Waals surface area (Å²) in [6.45, 7) is 2.52. The van der Waals surface area contributed by atoms with Crippen molar-refractivity contribution in [1.29, 1.82) is 0 Å². The summed E-state index contributed by atoms with van der Waals surface area (Å²) >= 11 is 0. The van der Waals surface area contributed by atoms with E-state index in [2.05, 4.69) is 28.2 Å². The van der Waals surface area contributed by atoms with E-state index in [9.17, 15) is 9.18 Å². The van der Waals surface area contributed by atoms with Gasteiger partial charge in [-0.2, -0.15) is 0 Å². The average molecular weight is 380 g/mol. The van der Waals surface area contributed by atoms with E-state index in [1.807, 2.05) is 18.2 Å². The molecule has 0 spiro atoms. The minimum absolute atomic E-state index is 0.0955. The molecule has 1 fully saturated rings. The number of nitrogens with one attached hydrogen (secondary N) is 2. The minimum Gasteiger partial charge on any atom is -0.450 e. The quantitative estimate of drug-likeness (QED) is 0.714. The van der Waals surface area contributed by atoms with Gasteiger partial charge in [0.2, 0.25) is 0 Å². The molecule has 2 N–H and O–H groups in total. The summed E-state index contributed by atoms with van der Waals surface area (Å²) in [6.07, 6.45) is 4.20. The molecule has 3 aromatic rings. The van der Waals surface area contributed by atoms with E-state index >= 15 is 0 Å². The molecule has 2 aromatic heterocycles. The molecule has 0 saturated heterocycles. The first-order valence-electron chi connectivity index (χ1n) is 9.82. The number of amides is 1. The van der Waals surface area contributed by atoms with Crippen LogP contribution in [-0.4, -0.2) is 23.1 Å². The zero-order chi connectivity index (χ0) is 19.1. The van der Waals surface area contributed by atoms with Gasteiger partial charge in [-0.05, 0) is 61.4 Å². The van der Waals surface area contributed by atoms with Crippen LogP contribution in [-0.2, 0) is 13.1 Å². The number of hydrogen-bond acceptors (Lipinski definition) is 2. The zero-order valence-corrected chi connectivity index (χ0v) is 15.5. The van der Waals surface area contributed by atoms with E-state index < -0.39 is 0 Å². The van der Waals surface area contributed by atoms with Crippen molar-refractivity contribution in [3.05, 3.63) is 83.3 Å². The van der Waals surface area contributed by atoms with Crippen molar-refractivity contribution >= 4 is 5.91 Å². The summed E-state index contributed by atoms with van der Waals surface area (Å²) in [5.41, 5.74) is 2.29. The predicted octanol–water partition coefficient (Wildman–Crippen LogP) is 2.30. The lowest BCUT2D eigenvalue weighted by Gasteiger charge is -2.33. The van der Waals surface area contributed by atoms with Crippen LogP contribution in [0.25, 0.3) is 0 Å². The SMILES string of the molecule is O=C(NC1CC1)c1ccc(C[NH+]2CCn3cccc3[C@@H]2c2ccc(F)cc2)o1. The van der Waals surface area contributed by atoms with Gasteiger partial charge in [0.15, 0.2) is 17.6 Å². The molecule has 144 valence electrons. The van der Waals surface area contributed by atoms with Gasteiger partial charge in [0.05, 0.1) is 18.8 Å². The molecule has 1 saturated carbocycles. The van der Waals surface area contributed by atoms with Crippen LogP contribution in [0.5, 0.6) is 0 Å². The number of carbonyl (C=O) groups is 1. The second-order valence-electron chi connectivity index (χ2n) is 7.71. The van der Waals surface area contributed by atoms with Crippen LogP contribution in [0.1, 0.15) is 46.5 Å². The summed E-state index contributed by atoms with van der Waals surface area (Å²) < 4.78 is 21.6. The van der Waals surface area contributed by atoms with Gasteiger partial charge in [-0.15, -0.1) is 0 Å². The number of carbonyl (C=O) groups excluding carboxylic acids is 1. The van der Waals surface area contributed by atoms with Crippen LogP contribution in [0, 0.1) is 5.82 Å². The number of furan rings is 1. The summed E-state index contributed by atoms with van der Waals surface area (Å²) in [4.78, 5) is 13.5. The highest BCUT2D eigenvalue weighted by Gasteiger charge is 2.33. The van der Waals surface area contributed by atoms with E-state index in [1.54, 1.807) is 6.07 Å². The topological polar surface area (TPSA) is 51.6 Å². The molecule has 0 bridgehead atoms. The molecule has 1 aliphatic heterocycles. The van der Waals surface area contributed by atoms with Crippen molar-refractivity contribution in [2.75, 3.05) is 6.54 Å². The molecule has 1 unspecified atom stereocenters. The molecular formula is C22H23FN3O2+. The van der Waals surface area contributed by atoms with Crippen LogP contribution >= 0.6 is 0 Å². The molecule has 5 nitrogen and oxygen atoms in total. The molecule has 1 amide bonds. The van der Waals surface area contributed by atoms with Gasteiger partial charge in [0, 0.05) is 17.8 Å². The third-order valence-electron chi connectivity index (χ3n) is 5.65. The normalized spacial score (nSPS) is 21.3. The number of fused-ring (bicyclic) bond motifs is 1. The fourth-order valence-electron chi connectivity index (χ4n) is 4.07. The first kappa shape index (κ1) is 17.3. The highest BCUT2D eigenvalue weighted by molar-refractivity contribution is 5.91. The maximum absolute atomic E-state index is 13.4. The Hall–Kier alpha value is -2.86. The van der Waals surface area contributed by atoms with Crippen LogP contribution in [0.2, 0.25) is 0 Å². The van der Waals surface area contributed by atoms with E-state index in [4.69, 9.17) is 4.42 Å². The Balaban J connectivity index is 1.39. The smallest absolute Gasteiger partial charge is 0.287 e. The van der Waals surface area contributed by atoms with E-state index in [0.29, 0.717) is 18.3 Å².